The van der Waals surface area contributed by atoms with Gasteiger partial charge in [-0.15, -0.1) is 0 Å². The molecule has 2 rings (SSSR count). The number of anilines is 2. The van der Waals surface area contributed by atoms with Crippen LogP contribution >= 0.6 is 0 Å². The molecule has 0 radical (unpaired) electrons. The molecule has 0 unspecified atom stereocenters. The van der Waals surface area contributed by atoms with E-state index in [2.05, 4.69) is 10.4 Å². The predicted molar refractivity (Wildman–Crippen MR) is 66.7 cm³/mol. The maximum atomic E-state index is 13.5. The topological polar surface area (TPSA) is 72.9 Å². The third kappa shape index (κ3) is 2.32. The minimum atomic E-state index is -0.647. The van der Waals surface area contributed by atoms with Crippen molar-refractivity contribution in [3.05, 3.63) is 41.3 Å². The van der Waals surface area contributed by atoms with Crippen LogP contribution in [-0.2, 0) is 7.05 Å². The van der Waals surface area contributed by atoms with E-state index in [4.69, 9.17) is 5.73 Å². The molecule has 0 atom stereocenters. The quantitative estimate of drug-likeness (QED) is 0.794. The highest BCUT2D eigenvalue weighted by Crippen LogP contribution is 2.15. The molecule has 6 heteroatoms. The van der Waals surface area contributed by atoms with Crippen LogP contribution in [0, 0.1) is 12.7 Å². The monoisotopic (exact) mass is 248 g/mol. The van der Waals surface area contributed by atoms with Gasteiger partial charge in [0.05, 0.1) is 11.3 Å². The number of nitrogens with zero attached hydrogens (tertiary/aromatic N) is 2. The van der Waals surface area contributed by atoms with Crippen LogP contribution < -0.4 is 11.1 Å². The fraction of sp³-hybridized carbons (Fsp3) is 0.167. The number of carbonyl (C=O) groups is 1. The van der Waals surface area contributed by atoms with Gasteiger partial charge in [-0.25, -0.2) is 4.39 Å². The molecule has 1 amide bonds. The molecule has 2 aromatic rings. The van der Waals surface area contributed by atoms with Crippen molar-refractivity contribution < 1.29 is 9.18 Å². The Morgan fingerprint density at radius 2 is 2.17 bits per heavy atom. The van der Waals surface area contributed by atoms with Crippen LogP contribution in [0.25, 0.3) is 0 Å². The van der Waals surface area contributed by atoms with E-state index in [0.29, 0.717) is 5.82 Å². The molecule has 94 valence electrons. The summed E-state index contributed by atoms with van der Waals surface area (Å²) in [4.78, 5) is 11.9. The minimum Gasteiger partial charge on any atom is -0.399 e. The van der Waals surface area contributed by atoms with Crippen LogP contribution in [0.15, 0.2) is 24.3 Å². The highest BCUT2D eigenvalue weighted by Gasteiger charge is 2.13. The van der Waals surface area contributed by atoms with E-state index in [-0.39, 0.29) is 11.3 Å². The van der Waals surface area contributed by atoms with Crippen LogP contribution in [0.1, 0.15) is 16.1 Å². The first kappa shape index (κ1) is 12.1. The lowest BCUT2D eigenvalue weighted by Crippen LogP contribution is -2.16. The second-order valence-corrected chi connectivity index (χ2v) is 3.99. The van der Waals surface area contributed by atoms with Gasteiger partial charge in [-0.2, -0.15) is 5.10 Å². The van der Waals surface area contributed by atoms with E-state index in [9.17, 15) is 9.18 Å². The second kappa shape index (κ2) is 4.48. The molecule has 0 saturated heterocycles. The number of benzene rings is 1. The molecular weight excluding hydrogens is 235 g/mol. The summed E-state index contributed by atoms with van der Waals surface area (Å²) in [5.41, 5.74) is 6.42. The first-order chi connectivity index (χ1) is 8.47. The Hall–Kier alpha value is -2.37. The molecule has 0 aliphatic carbocycles. The Balaban J connectivity index is 2.24. The lowest BCUT2D eigenvalue weighted by atomic mass is 10.2. The van der Waals surface area contributed by atoms with Crippen LogP contribution in [-0.4, -0.2) is 15.7 Å². The molecule has 5 nitrogen and oxygen atoms in total. The van der Waals surface area contributed by atoms with Crippen LogP contribution in [0.3, 0.4) is 0 Å². The van der Waals surface area contributed by atoms with E-state index >= 15 is 0 Å². The van der Waals surface area contributed by atoms with E-state index in [1.54, 1.807) is 20.0 Å². The zero-order valence-corrected chi connectivity index (χ0v) is 10.1. The number of carbonyl (C=O) groups excluding carboxylic acids is 1. The average Bonchev–Trinajstić information content (AvgIpc) is 2.57. The van der Waals surface area contributed by atoms with Crippen molar-refractivity contribution in [3.8, 4) is 0 Å². The van der Waals surface area contributed by atoms with E-state index in [0.717, 1.165) is 11.8 Å². The van der Waals surface area contributed by atoms with Gasteiger partial charge in [0, 0.05) is 18.8 Å². The fourth-order valence-electron chi connectivity index (χ4n) is 1.63. The standard InChI is InChI=1S/C12H13FN4O/c1-7-5-11(17(2)16-7)15-12(18)9-4-3-8(14)6-10(9)13/h3-6H,14H2,1-2H3,(H,15,18). The zero-order valence-electron chi connectivity index (χ0n) is 10.1. The first-order valence-electron chi connectivity index (χ1n) is 5.34. The van der Waals surface area contributed by atoms with Gasteiger partial charge in [-0.05, 0) is 25.1 Å². The summed E-state index contributed by atoms with van der Waals surface area (Å²) in [6, 6.07) is 5.65. The Kier molecular flexibility index (Phi) is 3.01. The molecule has 0 aliphatic heterocycles. The van der Waals surface area contributed by atoms with Crippen molar-refractivity contribution in [3.63, 3.8) is 0 Å². The lowest BCUT2D eigenvalue weighted by Gasteiger charge is -2.06. The summed E-state index contributed by atoms with van der Waals surface area (Å²) in [7, 11) is 1.70. The van der Waals surface area contributed by atoms with E-state index in [1.807, 2.05) is 0 Å². The summed E-state index contributed by atoms with van der Waals surface area (Å²) < 4.78 is 15.1. The first-order valence-corrected chi connectivity index (χ1v) is 5.34. The van der Waals surface area contributed by atoms with Gasteiger partial charge in [0.25, 0.3) is 5.91 Å². The number of halogens is 1. The molecule has 0 spiro atoms. The maximum Gasteiger partial charge on any atom is 0.259 e. The second-order valence-electron chi connectivity index (χ2n) is 3.99. The van der Waals surface area contributed by atoms with Gasteiger partial charge in [-0.3, -0.25) is 9.48 Å². The number of hydrogen-bond donors (Lipinski definition) is 2. The van der Waals surface area contributed by atoms with Gasteiger partial charge < -0.3 is 11.1 Å². The summed E-state index contributed by atoms with van der Waals surface area (Å²) in [5.74, 6) is -0.671. The van der Waals surface area contributed by atoms with Crippen molar-refractivity contribution in [2.75, 3.05) is 11.1 Å². The van der Waals surface area contributed by atoms with Gasteiger partial charge in [-0.1, -0.05) is 0 Å². The van der Waals surface area contributed by atoms with Crippen LogP contribution in [0.4, 0.5) is 15.9 Å². The molecule has 0 fully saturated rings. The van der Waals surface area contributed by atoms with Gasteiger partial charge in [0.1, 0.15) is 11.6 Å². The highest BCUT2D eigenvalue weighted by atomic mass is 19.1. The van der Waals surface area contributed by atoms with Gasteiger partial charge >= 0.3 is 0 Å². The largest absolute Gasteiger partial charge is 0.399 e. The number of aromatic nitrogens is 2. The number of nitrogens with two attached hydrogens (primary N) is 1. The van der Waals surface area contributed by atoms with Gasteiger partial charge in [0.2, 0.25) is 0 Å². The van der Waals surface area contributed by atoms with E-state index in [1.165, 1.54) is 16.8 Å². The van der Waals surface area contributed by atoms with Crippen molar-refractivity contribution in [1.29, 1.82) is 0 Å². The van der Waals surface area contributed by atoms with Crippen LogP contribution in [0.2, 0.25) is 0 Å². The number of nitrogens with one attached hydrogen (secondary N) is 1. The Labute approximate surface area is 103 Å². The SMILES string of the molecule is Cc1cc(NC(=O)c2ccc(N)cc2F)n(C)n1. The molecule has 1 heterocycles. The Bertz CT molecular complexity index is 606. The maximum absolute atomic E-state index is 13.5. The summed E-state index contributed by atoms with van der Waals surface area (Å²) in [5, 5.41) is 6.67. The normalized spacial score (nSPS) is 10.4. The van der Waals surface area contributed by atoms with Crippen molar-refractivity contribution >= 4 is 17.4 Å². The highest BCUT2D eigenvalue weighted by molar-refractivity contribution is 6.04. The summed E-state index contributed by atoms with van der Waals surface area (Å²) in [6.07, 6.45) is 0. The van der Waals surface area contributed by atoms with Crippen molar-refractivity contribution in [2.24, 2.45) is 7.05 Å². The number of amides is 1. The third-order valence-corrected chi connectivity index (χ3v) is 2.48. The molecule has 0 saturated carbocycles. The number of nitrogen functional groups attached to an aromatic ring is 1. The van der Waals surface area contributed by atoms with Crippen LogP contribution in [0.5, 0.6) is 0 Å². The number of hydrogen-bond acceptors (Lipinski definition) is 3. The zero-order chi connectivity index (χ0) is 13.3. The summed E-state index contributed by atoms with van der Waals surface area (Å²) >= 11 is 0. The molecule has 0 aliphatic rings. The van der Waals surface area contributed by atoms with Gasteiger partial charge in [0.15, 0.2) is 0 Å². The molecule has 18 heavy (non-hydrogen) atoms. The van der Waals surface area contributed by atoms with E-state index < -0.39 is 11.7 Å². The molecule has 0 bridgehead atoms. The number of rotatable bonds is 2. The molecule has 1 aromatic heterocycles. The molecule has 3 N–H and O–H groups in total. The smallest absolute Gasteiger partial charge is 0.259 e. The fourth-order valence-corrected chi connectivity index (χ4v) is 1.63. The lowest BCUT2D eigenvalue weighted by molar-refractivity contribution is 0.102. The average molecular weight is 248 g/mol. The minimum absolute atomic E-state index is 0.0527. The third-order valence-electron chi connectivity index (χ3n) is 2.48. The Morgan fingerprint density at radius 1 is 1.44 bits per heavy atom. The molecule has 1 aromatic carbocycles. The Morgan fingerprint density at radius 3 is 2.72 bits per heavy atom. The predicted octanol–water partition coefficient (Wildman–Crippen LogP) is 1.70. The molecular formula is C12H13FN4O. The summed E-state index contributed by atoms with van der Waals surface area (Å²) in [6.45, 7) is 1.81. The van der Waals surface area contributed by atoms with Crippen molar-refractivity contribution in [1.82, 2.24) is 9.78 Å². The van der Waals surface area contributed by atoms with Crippen molar-refractivity contribution in [2.45, 2.75) is 6.92 Å². The number of aryl methyl sites for hydroxylation is 2.